The van der Waals surface area contributed by atoms with Crippen molar-refractivity contribution in [3.05, 3.63) is 59.4 Å². The molecule has 1 fully saturated rings. The van der Waals surface area contributed by atoms with Crippen LogP contribution in [0.1, 0.15) is 51.1 Å². The van der Waals surface area contributed by atoms with Gasteiger partial charge in [-0.1, -0.05) is 12.1 Å². The number of amides is 1. The Morgan fingerprint density at radius 3 is 2.65 bits per heavy atom. The van der Waals surface area contributed by atoms with E-state index in [4.69, 9.17) is 19.5 Å². The van der Waals surface area contributed by atoms with Crippen LogP contribution in [0.2, 0.25) is 0 Å². The number of fused-ring (bicyclic) bond motifs is 1. The Morgan fingerprint density at radius 1 is 1.22 bits per heavy atom. The molecule has 9 nitrogen and oxygen atoms in total. The summed E-state index contributed by atoms with van der Waals surface area (Å²) in [4.78, 5) is 34.4. The molecular formula is C28H30N4O5. The van der Waals surface area contributed by atoms with Crippen LogP contribution in [-0.4, -0.2) is 58.3 Å². The van der Waals surface area contributed by atoms with Gasteiger partial charge in [0.15, 0.2) is 0 Å². The Balaban J connectivity index is 1.49. The van der Waals surface area contributed by atoms with Crippen molar-refractivity contribution < 1.29 is 23.8 Å². The van der Waals surface area contributed by atoms with Crippen LogP contribution in [0, 0.1) is 11.3 Å². The van der Waals surface area contributed by atoms with Gasteiger partial charge < -0.3 is 24.1 Å². The monoisotopic (exact) mass is 502 g/mol. The zero-order chi connectivity index (χ0) is 26.6. The number of likely N-dealkylation sites (tertiary alicyclic amines) is 1. The molecule has 0 bridgehead atoms. The number of imidazole rings is 1. The third-order valence-corrected chi connectivity index (χ3v) is 5.67. The van der Waals surface area contributed by atoms with Crippen molar-refractivity contribution in [1.29, 1.82) is 5.26 Å². The second-order valence-corrected chi connectivity index (χ2v) is 9.72. The van der Waals surface area contributed by atoms with Crippen molar-refractivity contribution in [1.82, 2.24) is 14.9 Å². The molecule has 9 heteroatoms. The number of nitrogens with one attached hydrogen (secondary N) is 1. The molecule has 2 aromatic carbocycles. The molecule has 192 valence electrons. The molecule has 0 unspecified atom stereocenters. The van der Waals surface area contributed by atoms with Gasteiger partial charge in [0, 0.05) is 13.0 Å². The van der Waals surface area contributed by atoms with E-state index in [0.717, 1.165) is 0 Å². The Labute approximate surface area is 215 Å². The number of nitrogens with zero attached hydrogens (tertiary/aromatic N) is 3. The summed E-state index contributed by atoms with van der Waals surface area (Å²) in [5, 5.41) is 9.13. The molecule has 0 radical (unpaired) electrons. The minimum absolute atomic E-state index is 0.146. The number of carbonyl (C=O) groups excluding carboxylic acids is 2. The highest BCUT2D eigenvalue weighted by Gasteiger charge is 2.31. The highest BCUT2D eigenvalue weighted by atomic mass is 16.6. The highest BCUT2D eigenvalue weighted by molar-refractivity contribution is 6.21. The van der Waals surface area contributed by atoms with Gasteiger partial charge in [-0.2, -0.15) is 5.26 Å². The number of esters is 1. The lowest BCUT2D eigenvalue weighted by molar-refractivity contribution is -0.136. The summed E-state index contributed by atoms with van der Waals surface area (Å²) in [5.74, 6) is 0.635. The first-order chi connectivity index (χ1) is 17.6. The summed E-state index contributed by atoms with van der Waals surface area (Å²) in [5.41, 5.74) is 2.35. The Kier molecular flexibility index (Phi) is 7.48. The number of aromatic nitrogens is 2. The third-order valence-electron chi connectivity index (χ3n) is 5.67. The third kappa shape index (κ3) is 6.47. The zero-order valence-electron chi connectivity index (χ0n) is 21.4. The lowest BCUT2D eigenvalue weighted by atomic mass is 10.1. The van der Waals surface area contributed by atoms with Crippen molar-refractivity contribution >= 4 is 34.7 Å². The van der Waals surface area contributed by atoms with Crippen LogP contribution < -0.4 is 4.74 Å². The van der Waals surface area contributed by atoms with Crippen LogP contribution in [-0.2, 0) is 14.3 Å². The SMILES string of the molecule is CCOC(=O)C(=Cc1nc2ccc(C#N)cc2[nH]1)c1ccc(O[C@H]2CCN(C(=O)OC(C)(C)C)C2)cc1. The largest absolute Gasteiger partial charge is 0.489 e. The number of benzene rings is 2. The molecule has 1 amide bonds. The molecule has 37 heavy (non-hydrogen) atoms. The smallest absolute Gasteiger partial charge is 0.410 e. The van der Waals surface area contributed by atoms with Crippen LogP contribution in [0.25, 0.3) is 22.7 Å². The number of ether oxygens (including phenoxy) is 3. The van der Waals surface area contributed by atoms with E-state index in [1.165, 1.54) is 0 Å². The summed E-state index contributed by atoms with van der Waals surface area (Å²) < 4.78 is 16.8. The van der Waals surface area contributed by atoms with E-state index in [1.807, 2.05) is 20.8 Å². The lowest BCUT2D eigenvalue weighted by Crippen LogP contribution is -2.36. The summed E-state index contributed by atoms with van der Waals surface area (Å²) in [7, 11) is 0. The minimum Gasteiger partial charge on any atom is -0.489 e. The normalized spacial score (nSPS) is 15.9. The van der Waals surface area contributed by atoms with E-state index in [-0.39, 0.29) is 18.8 Å². The van der Waals surface area contributed by atoms with Gasteiger partial charge in [-0.3, -0.25) is 0 Å². The van der Waals surface area contributed by atoms with E-state index in [0.29, 0.717) is 58.8 Å². The second-order valence-electron chi connectivity index (χ2n) is 9.72. The fourth-order valence-corrected chi connectivity index (χ4v) is 4.00. The maximum Gasteiger partial charge on any atom is 0.410 e. The van der Waals surface area contributed by atoms with E-state index in [1.54, 1.807) is 60.4 Å². The van der Waals surface area contributed by atoms with Gasteiger partial charge in [0.05, 0.1) is 41.4 Å². The van der Waals surface area contributed by atoms with Crippen LogP contribution in [0.5, 0.6) is 5.75 Å². The molecule has 4 rings (SSSR count). The summed E-state index contributed by atoms with van der Waals surface area (Å²) in [6.45, 7) is 8.53. The number of rotatable bonds is 6. The predicted molar refractivity (Wildman–Crippen MR) is 139 cm³/mol. The molecule has 0 spiro atoms. The number of hydrogen-bond donors (Lipinski definition) is 1. The van der Waals surface area contributed by atoms with Gasteiger partial charge in [0.1, 0.15) is 23.3 Å². The van der Waals surface area contributed by atoms with Crippen LogP contribution >= 0.6 is 0 Å². The average molecular weight is 503 g/mol. The van der Waals surface area contributed by atoms with Crippen molar-refractivity contribution in [3.63, 3.8) is 0 Å². The van der Waals surface area contributed by atoms with Crippen LogP contribution in [0.3, 0.4) is 0 Å². The van der Waals surface area contributed by atoms with Crippen molar-refractivity contribution in [2.45, 2.75) is 45.8 Å². The van der Waals surface area contributed by atoms with E-state index < -0.39 is 11.6 Å². The fraction of sp³-hybridized carbons (Fsp3) is 0.357. The standard InChI is InChI=1S/C28H30N4O5/c1-5-35-26(33)22(15-25-30-23-11-6-18(16-29)14-24(23)31-25)19-7-9-20(10-8-19)36-21-12-13-32(17-21)27(34)37-28(2,3)4/h6-11,14-15,21H,5,12-13,17H2,1-4H3,(H,30,31)/t21-/m0/s1. The van der Waals surface area contributed by atoms with Gasteiger partial charge in [0.25, 0.3) is 0 Å². The molecule has 3 aromatic rings. The Bertz CT molecular complexity index is 1360. The van der Waals surface area contributed by atoms with Crippen molar-refractivity contribution in [2.75, 3.05) is 19.7 Å². The Hall–Kier alpha value is -4.32. The molecule has 0 aliphatic carbocycles. The first-order valence-corrected chi connectivity index (χ1v) is 12.2. The van der Waals surface area contributed by atoms with Gasteiger partial charge >= 0.3 is 12.1 Å². The number of H-pyrrole nitrogens is 1. The van der Waals surface area contributed by atoms with Gasteiger partial charge in [-0.25, -0.2) is 14.6 Å². The van der Waals surface area contributed by atoms with Gasteiger partial charge in [-0.05, 0) is 69.7 Å². The molecule has 1 aliphatic heterocycles. The molecule has 1 saturated heterocycles. The number of nitriles is 1. The van der Waals surface area contributed by atoms with Gasteiger partial charge in [-0.15, -0.1) is 0 Å². The minimum atomic E-state index is -0.544. The first kappa shape index (κ1) is 25.8. The zero-order valence-corrected chi connectivity index (χ0v) is 21.4. The number of aromatic amines is 1. The molecule has 1 aromatic heterocycles. The number of carbonyl (C=O) groups is 2. The molecule has 1 atom stereocenters. The molecule has 2 heterocycles. The topological polar surface area (TPSA) is 118 Å². The average Bonchev–Trinajstić information content (AvgIpc) is 3.48. The maximum absolute atomic E-state index is 12.8. The van der Waals surface area contributed by atoms with Gasteiger partial charge in [0.2, 0.25) is 0 Å². The van der Waals surface area contributed by atoms with Crippen molar-refractivity contribution in [3.8, 4) is 11.8 Å². The quantitative estimate of drug-likeness (QED) is 0.375. The first-order valence-electron chi connectivity index (χ1n) is 12.2. The van der Waals surface area contributed by atoms with Crippen LogP contribution in [0.15, 0.2) is 42.5 Å². The number of hydrogen-bond acceptors (Lipinski definition) is 7. The summed E-state index contributed by atoms with van der Waals surface area (Å²) in [6.07, 6.45) is 1.85. The molecule has 1 N–H and O–H groups in total. The summed E-state index contributed by atoms with van der Waals surface area (Å²) >= 11 is 0. The van der Waals surface area contributed by atoms with Crippen molar-refractivity contribution in [2.24, 2.45) is 0 Å². The predicted octanol–water partition coefficient (Wildman–Crippen LogP) is 4.93. The molecule has 0 saturated carbocycles. The van der Waals surface area contributed by atoms with E-state index >= 15 is 0 Å². The molecule has 1 aliphatic rings. The van der Waals surface area contributed by atoms with Crippen LogP contribution in [0.4, 0.5) is 4.79 Å². The maximum atomic E-state index is 12.8. The van der Waals surface area contributed by atoms with E-state index in [9.17, 15) is 9.59 Å². The fourth-order valence-electron chi connectivity index (χ4n) is 4.00. The molecular weight excluding hydrogens is 472 g/mol. The highest BCUT2D eigenvalue weighted by Crippen LogP contribution is 2.25. The summed E-state index contributed by atoms with van der Waals surface area (Å²) in [6, 6.07) is 14.4. The van der Waals surface area contributed by atoms with E-state index in [2.05, 4.69) is 16.0 Å². The Morgan fingerprint density at radius 2 is 1.97 bits per heavy atom. The lowest BCUT2D eigenvalue weighted by Gasteiger charge is -2.24. The second kappa shape index (κ2) is 10.7.